The van der Waals surface area contributed by atoms with Gasteiger partial charge < -0.3 is 15.2 Å². The highest BCUT2D eigenvalue weighted by molar-refractivity contribution is 6.33. The highest BCUT2D eigenvalue weighted by Gasteiger charge is 2.27. The summed E-state index contributed by atoms with van der Waals surface area (Å²) in [7, 11) is 0. The van der Waals surface area contributed by atoms with E-state index in [2.05, 4.69) is 20.0 Å². The molecule has 23 heavy (non-hydrogen) atoms. The van der Waals surface area contributed by atoms with Gasteiger partial charge in [0.2, 0.25) is 11.8 Å². The highest BCUT2D eigenvalue weighted by atomic mass is 35.5. The Morgan fingerprint density at radius 2 is 2.39 bits per heavy atom. The Bertz CT molecular complexity index is 718. The minimum atomic E-state index is -0.540. The summed E-state index contributed by atoms with van der Waals surface area (Å²) in [6, 6.07) is 1.55. The van der Waals surface area contributed by atoms with Gasteiger partial charge in [0, 0.05) is 31.6 Å². The second kappa shape index (κ2) is 6.54. The van der Waals surface area contributed by atoms with Crippen LogP contribution in [-0.2, 0) is 6.42 Å². The Morgan fingerprint density at radius 3 is 3.04 bits per heavy atom. The topological polar surface area (TPSA) is 98.1 Å². The number of hydrogen-bond donors (Lipinski definition) is 1. The monoisotopic (exact) mass is 335 g/mol. The van der Waals surface area contributed by atoms with Crippen LogP contribution in [-0.4, -0.2) is 34.1 Å². The van der Waals surface area contributed by atoms with E-state index in [-0.39, 0.29) is 5.92 Å². The fourth-order valence-corrected chi connectivity index (χ4v) is 3.04. The maximum absolute atomic E-state index is 11.2. The largest absolute Gasteiger partial charge is 0.366 e. The molecule has 3 heterocycles. The van der Waals surface area contributed by atoms with Gasteiger partial charge in [-0.2, -0.15) is 4.98 Å². The van der Waals surface area contributed by atoms with Crippen molar-refractivity contribution in [3.05, 3.63) is 34.6 Å². The zero-order valence-corrected chi connectivity index (χ0v) is 13.6. The van der Waals surface area contributed by atoms with Crippen molar-refractivity contribution in [1.29, 1.82) is 0 Å². The molecule has 1 saturated heterocycles. The molecule has 0 unspecified atom stereocenters. The van der Waals surface area contributed by atoms with E-state index in [4.69, 9.17) is 21.9 Å². The van der Waals surface area contributed by atoms with Crippen LogP contribution in [0, 0.1) is 0 Å². The van der Waals surface area contributed by atoms with Gasteiger partial charge in [0.05, 0.1) is 10.6 Å². The summed E-state index contributed by atoms with van der Waals surface area (Å²) in [4.78, 5) is 22.0. The lowest BCUT2D eigenvalue weighted by molar-refractivity contribution is 0.1000. The molecule has 2 aromatic rings. The van der Waals surface area contributed by atoms with Gasteiger partial charge >= 0.3 is 0 Å². The molecule has 0 aliphatic carbocycles. The molecular formula is C15H18ClN5O2. The number of piperidine rings is 1. The van der Waals surface area contributed by atoms with E-state index in [9.17, 15) is 4.79 Å². The normalized spacial score (nSPS) is 18.2. The van der Waals surface area contributed by atoms with Crippen LogP contribution in [0.25, 0.3) is 0 Å². The van der Waals surface area contributed by atoms with Crippen LogP contribution in [0.2, 0.25) is 5.02 Å². The third-order valence-electron chi connectivity index (χ3n) is 3.98. The molecule has 1 atom stereocenters. The predicted octanol–water partition coefficient (Wildman–Crippen LogP) is 2.16. The lowest BCUT2D eigenvalue weighted by atomic mass is 9.97. The molecule has 8 heteroatoms. The second-order valence-corrected chi connectivity index (χ2v) is 5.99. The van der Waals surface area contributed by atoms with E-state index in [1.54, 1.807) is 6.07 Å². The van der Waals surface area contributed by atoms with Gasteiger partial charge in [-0.15, -0.1) is 0 Å². The number of primary amides is 1. The lowest BCUT2D eigenvalue weighted by Gasteiger charge is -2.32. The van der Waals surface area contributed by atoms with E-state index in [1.807, 2.05) is 6.92 Å². The third kappa shape index (κ3) is 3.29. The molecule has 7 nitrogen and oxygen atoms in total. The molecule has 1 amide bonds. The molecule has 2 aromatic heterocycles. The number of nitrogens with zero attached hydrogens (tertiary/aromatic N) is 4. The quantitative estimate of drug-likeness (QED) is 0.919. The number of carbonyl (C=O) groups is 1. The Morgan fingerprint density at radius 1 is 1.57 bits per heavy atom. The number of nitrogens with two attached hydrogens (primary N) is 1. The second-order valence-electron chi connectivity index (χ2n) is 5.58. The van der Waals surface area contributed by atoms with Gasteiger partial charge in [-0.1, -0.05) is 23.7 Å². The molecule has 0 saturated carbocycles. The zero-order valence-electron chi connectivity index (χ0n) is 12.8. The molecule has 122 valence electrons. The number of aryl methyl sites for hydroxylation is 1. The molecule has 0 bridgehead atoms. The standard InChI is InChI=1S/C15H18ClN5O2/c1-2-12-19-14(20-23-12)9-4-3-5-21(8-9)15-11(16)6-10(7-18-15)13(17)22/h6-7,9H,2-5,8H2,1H3,(H2,17,22)/t9-/m1/s1. The van der Waals surface area contributed by atoms with Crippen LogP contribution in [0.15, 0.2) is 16.8 Å². The average Bonchev–Trinajstić information content (AvgIpc) is 3.04. The van der Waals surface area contributed by atoms with Gasteiger partial charge in [-0.25, -0.2) is 4.98 Å². The maximum Gasteiger partial charge on any atom is 0.250 e. The van der Waals surface area contributed by atoms with E-state index in [0.717, 1.165) is 31.6 Å². The summed E-state index contributed by atoms with van der Waals surface area (Å²) in [6.45, 7) is 3.54. The first-order valence-electron chi connectivity index (χ1n) is 7.61. The summed E-state index contributed by atoms with van der Waals surface area (Å²) >= 11 is 6.27. The predicted molar refractivity (Wildman–Crippen MR) is 85.6 cm³/mol. The van der Waals surface area contributed by atoms with Crippen molar-refractivity contribution in [1.82, 2.24) is 15.1 Å². The van der Waals surface area contributed by atoms with Gasteiger partial charge in [0.1, 0.15) is 5.82 Å². The Hall–Kier alpha value is -2.15. The number of pyridine rings is 1. The zero-order chi connectivity index (χ0) is 16.4. The summed E-state index contributed by atoms with van der Waals surface area (Å²) in [5.41, 5.74) is 5.55. The molecular weight excluding hydrogens is 318 g/mol. The number of amides is 1. The number of anilines is 1. The SMILES string of the molecule is CCc1nc([C@@H]2CCCN(c3ncc(C(N)=O)cc3Cl)C2)no1. The number of aromatic nitrogens is 3. The molecule has 0 aromatic carbocycles. The highest BCUT2D eigenvalue weighted by Crippen LogP contribution is 2.31. The lowest BCUT2D eigenvalue weighted by Crippen LogP contribution is -2.35. The molecule has 2 N–H and O–H groups in total. The first-order valence-corrected chi connectivity index (χ1v) is 7.99. The van der Waals surface area contributed by atoms with Crippen LogP contribution in [0.1, 0.15) is 47.8 Å². The van der Waals surface area contributed by atoms with E-state index in [1.165, 1.54) is 6.20 Å². The van der Waals surface area contributed by atoms with Crippen LogP contribution in [0.3, 0.4) is 0 Å². The third-order valence-corrected chi connectivity index (χ3v) is 4.26. The minimum absolute atomic E-state index is 0.182. The molecule has 1 aliphatic rings. The summed E-state index contributed by atoms with van der Waals surface area (Å²) < 4.78 is 5.20. The van der Waals surface area contributed by atoms with Crippen molar-refractivity contribution < 1.29 is 9.32 Å². The van der Waals surface area contributed by atoms with E-state index in [0.29, 0.717) is 28.8 Å². The first kappa shape index (κ1) is 15.7. The average molecular weight is 336 g/mol. The molecule has 1 aliphatic heterocycles. The molecule has 3 rings (SSSR count). The number of halogens is 1. The fourth-order valence-electron chi connectivity index (χ4n) is 2.76. The van der Waals surface area contributed by atoms with Crippen molar-refractivity contribution in [2.45, 2.75) is 32.1 Å². The van der Waals surface area contributed by atoms with Crippen molar-refractivity contribution in [3.63, 3.8) is 0 Å². The number of carbonyl (C=O) groups excluding carboxylic acids is 1. The van der Waals surface area contributed by atoms with Crippen molar-refractivity contribution in [2.24, 2.45) is 5.73 Å². The van der Waals surface area contributed by atoms with Crippen molar-refractivity contribution in [2.75, 3.05) is 18.0 Å². The van der Waals surface area contributed by atoms with Crippen LogP contribution in [0.5, 0.6) is 0 Å². The molecule has 0 radical (unpaired) electrons. The van der Waals surface area contributed by atoms with Crippen LogP contribution < -0.4 is 10.6 Å². The fraction of sp³-hybridized carbons (Fsp3) is 0.467. The van der Waals surface area contributed by atoms with Gasteiger partial charge in [-0.3, -0.25) is 4.79 Å². The Labute approximate surface area is 138 Å². The Kier molecular flexibility index (Phi) is 4.47. The first-order chi connectivity index (χ1) is 11.1. The minimum Gasteiger partial charge on any atom is -0.366 e. The summed E-state index contributed by atoms with van der Waals surface area (Å²) in [6.07, 6.45) is 4.16. The number of hydrogen-bond acceptors (Lipinski definition) is 6. The van der Waals surface area contributed by atoms with Gasteiger partial charge in [0.25, 0.3) is 0 Å². The Balaban J connectivity index is 1.79. The van der Waals surface area contributed by atoms with Crippen molar-refractivity contribution >= 4 is 23.3 Å². The van der Waals surface area contributed by atoms with E-state index < -0.39 is 5.91 Å². The maximum atomic E-state index is 11.2. The van der Waals surface area contributed by atoms with Crippen LogP contribution in [0.4, 0.5) is 5.82 Å². The van der Waals surface area contributed by atoms with Gasteiger partial charge in [-0.05, 0) is 18.9 Å². The van der Waals surface area contributed by atoms with Gasteiger partial charge in [0.15, 0.2) is 5.82 Å². The number of rotatable bonds is 4. The van der Waals surface area contributed by atoms with E-state index >= 15 is 0 Å². The summed E-state index contributed by atoms with van der Waals surface area (Å²) in [5.74, 6) is 1.68. The molecule has 0 spiro atoms. The van der Waals surface area contributed by atoms with Crippen molar-refractivity contribution in [3.8, 4) is 0 Å². The summed E-state index contributed by atoms with van der Waals surface area (Å²) in [5, 5.41) is 4.49. The molecule has 1 fully saturated rings. The van der Waals surface area contributed by atoms with Crippen LogP contribution >= 0.6 is 11.6 Å². The smallest absolute Gasteiger partial charge is 0.250 e.